The van der Waals surface area contributed by atoms with Crippen LogP contribution in [0.15, 0.2) is 48.5 Å². The summed E-state index contributed by atoms with van der Waals surface area (Å²) in [6, 6.07) is 15.4. The van der Waals surface area contributed by atoms with Gasteiger partial charge in [0.05, 0.1) is 31.0 Å². The Kier molecular flexibility index (Phi) is 12.0. The predicted molar refractivity (Wildman–Crippen MR) is 149 cm³/mol. The normalized spacial score (nSPS) is 13.6. The van der Waals surface area contributed by atoms with Gasteiger partial charge in [-0.2, -0.15) is 5.10 Å². The summed E-state index contributed by atoms with van der Waals surface area (Å²) >= 11 is 0. The molecule has 11 heteroatoms. The van der Waals surface area contributed by atoms with E-state index in [-0.39, 0.29) is 56.4 Å². The van der Waals surface area contributed by atoms with Gasteiger partial charge in [0.25, 0.3) is 5.91 Å². The highest BCUT2D eigenvalue weighted by Crippen LogP contribution is 2.18. The van der Waals surface area contributed by atoms with Crippen molar-refractivity contribution in [3.8, 4) is 0 Å². The molecular weight excluding hydrogens is 517 g/mol. The van der Waals surface area contributed by atoms with Gasteiger partial charge in [0.15, 0.2) is 0 Å². The largest absolute Gasteiger partial charge is 0.395 e. The zero-order valence-corrected chi connectivity index (χ0v) is 22.1. The third-order valence-electron chi connectivity index (χ3n) is 6.20. The van der Waals surface area contributed by atoms with Gasteiger partial charge < -0.3 is 20.0 Å². The zero-order valence-electron chi connectivity index (χ0n) is 20.5. The molecule has 9 nitrogen and oxygen atoms in total. The fourth-order valence-corrected chi connectivity index (χ4v) is 4.21. The van der Waals surface area contributed by atoms with Crippen LogP contribution in [0.5, 0.6) is 0 Å². The Bertz CT molecular complexity index is 1170. The average Bonchev–Trinajstić information content (AvgIpc) is 3.31. The number of para-hydroxylation sites is 1. The van der Waals surface area contributed by atoms with Crippen LogP contribution in [0.3, 0.4) is 0 Å². The number of aromatic nitrogens is 2. The summed E-state index contributed by atoms with van der Waals surface area (Å²) in [6.07, 6.45) is 3.92. The number of halogens is 2. The summed E-state index contributed by atoms with van der Waals surface area (Å²) in [5.41, 5.74) is 3.44. The molecule has 4 rings (SSSR count). The summed E-state index contributed by atoms with van der Waals surface area (Å²) in [6.45, 7) is 2.58. The average molecular weight is 550 g/mol. The second-order valence-corrected chi connectivity index (χ2v) is 8.51. The number of benzene rings is 2. The van der Waals surface area contributed by atoms with E-state index in [4.69, 9.17) is 10.2 Å². The zero-order chi connectivity index (χ0) is 24.6. The standard InChI is InChI=1S/C26H31N5O4.2ClH/c32-17-15-29(16-18-33)19-25(34)30-11-13-31(14-12-30)26(35)21-8-5-20(6-9-21)7-10-24-22-3-1-2-4-23(22)27-28-24;;/h1-10,32-33H,11-19H2,(H,27,28);2*1H. The first kappa shape index (κ1) is 30.3. The second-order valence-electron chi connectivity index (χ2n) is 8.51. The SMILES string of the molecule is Cl.Cl.O=C(CN(CCO)CCO)N1CCN(C(=O)c2ccc(C=Cc3n[nH]c4ccccc34)cc2)CC1. The van der Waals surface area contributed by atoms with Crippen LogP contribution in [0, 0.1) is 0 Å². The molecule has 2 aromatic carbocycles. The Morgan fingerprint density at radius 1 is 0.892 bits per heavy atom. The number of fused-ring (bicyclic) bond motifs is 1. The summed E-state index contributed by atoms with van der Waals surface area (Å²) in [5.74, 6) is -0.104. The third-order valence-corrected chi connectivity index (χ3v) is 6.20. The van der Waals surface area contributed by atoms with Crippen molar-refractivity contribution in [2.45, 2.75) is 0 Å². The number of nitrogens with zero attached hydrogens (tertiary/aromatic N) is 4. The highest BCUT2D eigenvalue weighted by atomic mass is 35.5. The van der Waals surface area contributed by atoms with Gasteiger partial charge in [0.1, 0.15) is 0 Å². The van der Waals surface area contributed by atoms with E-state index in [1.165, 1.54) is 0 Å². The minimum absolute atomic E-state index is 0. The van der Waals surface area contributed by atoms with Gasteiger partial charge in [0.2, 0.25) is 5.91 Å². The van der Waals surface area contributed by atoms with Crippen LogP contribution < -0.4 is 0 Å². The number of carbonyl (C=O) groups excluding carboxylic acids is 2. The number of carbonyl (C=O) groups is 2. The van der Waals surface area contributed by atoms with Crippen LogP contribution in [0.2, 0.25) is 0 Å². The molecule has 2 amide bonds. The van der Waals surface area contributed by atoms with Crippen molar-refractivity contribution in [2.75, 3.05) is 59.0 Å². The van der Waals surface area contributed by atoms with E-state index in [2.05, 4.69) is 10.2 Å². The first-order chi connectivity index (χ1) is 17.1. The molecule has 3 aromatic rings. The quantitative estimate of drug-likeness (QED) is 0.377. The molecule has 3 N–H and O–H groups in total. The summed E-state index contributed by atoms with van der Waals surface area (Å²) in [7, 11) is 0. The van der Waals surface area contributed by atoms with Crippen molar-refractivity contribution in [1.29, 1.82) is 0 Å². The maximum Gasteiger partial charge on any atom is 0.253 e. The number of amides is 2. The topological polar surface area (TPSA) is 113 Å². The Morgan fingerprint density at radius 3 is 2.16 bits per heavy atom. The number of nitrogens with one attached hydrogen (secondary N) is 1. The number of aromatic amines is 1. The van der Waals surface area contributed by atoms with Crippen LogP contribution in [-0.4, -0.2) is 106 Å². The lowest BCUT2D eigenvalue weighted by Crippen LogP contribution is -2.53. The summed E-state index contributed by atoms with van der Waals surface area (Å²) in [4.78, 5) is 30.7. The van der Waals surface area contributed by atoms with Gasteiger partial charge in [-0.1, -0.05) is 36.4 Å². The van der Waals surface area contributed by atoms with Gasteiger partial charge in [0, 0.05) is 50.2 Å². The number of hydrogen-bond donors (Lipinski definition) is 3. The highest BCUT2D eigenvalue weighted by Gasteiger charge is 2.25. The van der Waals surface area contributed by atoms with Crippen LogP contribution in [0.25, 0.3) is 23.1 Å². The van der Waals surface area contributed by atoms with E-state index < -0.39 is 0 Å². The molecule has 1 aliphatic rings. The Labute approximate surface area is 228 Å². The van der Waals surface area contributed by atoms with Crippen molar-refractivity contribution >= 4 is 59.7 Å². The van der Waals surface area contributed by atoms with Crippen molar-refractivity contribution in [2.24, 2.45) is 0 Å². The lowest BCUT2D eigenvalue weighted by Gasteiger charge is -2.35. The highest BCUT2D eigenvalue weighted by molar-refractivity contribution is 5.95. The fourth-order valence-electron chi connectivity index (χ4n) is 4.21. The molecule has 1 aromatic heterocycles. The number of aliphatic hydroxyl groups is 2. The summed E-state index contributed by atoms with van der Waals surface area (Å²) < 4.78 is 0. The molecule has 1 saturated heterocycles. The second kappa shape index (κ2) is 14.7. The van der Waals surface area contributed by atoms with Crippen molar-refractivity contribution in [1.82, 2.24) is 24.9 Å². The molecular formula is C26H33Cl2N5O4. The van der Waals surface area contributed by atoms with E-state index in [1.54, 1.807) is 14.7 Å². The van der Waals surface area contributed by atoms with E-state index in [0.717, 1.165) is 22.2 Å². The molecule has 0 saturated carbocycles. The Morgan fingerprint density at radius 2 is 1.51 bits per heavy atom. The minimum Gasteiger partial charge on any atom is -0.395 e. The van der Waals surface area contributed by atoms with Gasteiger partial charge in [-0.3, -0.25) is 19.6 Å². The molecule has 0 bridgehead atoms. The van der Waals surface area contributed by atoms with E-state index in [0.29, 0.717) is 44.8 Å². The molecule has 2 heterocycles. The molecule has 0 atom stereocenters. The lowest BCUT2D eigenvalue weighted by molar-refractivity contribution is -0.134. The first-order valence-electron chi connectivity index (χ1n) is 11.8. The fraction of sp³-hybridized carbons (Fsp3) is 0.346. The molecule has 37 heavy (non-hydrogen) atoms. The molecule has 1 aliphatic heterocycles. The van der Waals surface area contributed by atoms with Crippen LogP contribution in [0.1, 0.15) is 21.6 Å². The van der Waals surface area contributed by atoms with Crippen molar-refractivity contribution < 1.29 is 19.8 Å². The van der Waals surface area contributed by atoms with Crippen molar-refractivity contribution in [3.05, 3.63) is 65.4 Å². The molecule has 0 unspecified atom stereocenters. The third kappa shape index (κ3) is 7.77. The number of H-pyrrole nitrogens is 1. The maximum absolute atomic E-state index is 13.0. The maximum atomic E-state index is 13.0. The number of aliphatic hydroxyl groups excluding tert-OH is 2. The van der Waals surface area contributed by atoms with Crippen LogP contribution in [0.4, 0.5) is 0 Å². The van der Waals surface area contributed by atoms with Crippen LogP contribution in [-0.2, 0) is 4.79 Å². The van der Waals surface area contributed by atoms with Gasteiger partial charge in [-0.15, -0.1) is 24.8 Å². The molecule has 0 aliphatic carbocycles. The van der Waals surface area contributed by atoms with E-state index >= 15 is 0 Å². The molecule has 200 valence electrons. The number of piperazine rings is 1. The monoisotopic (exact) mass is 549 g/mol. The first-order valence-corrected chi connectivity index (χ1v) is 11.8. The van der Waals surface area contributed by atoms with E-state index in [1.807, 2.05) is 60.7 Å². The number of rotatable bonds is 9. The van der Waals surface area contributed by atoms with E-state index in [9.17, 15) is 9.59 Å². The molecule has 0 spiro atoms. The molecule has 0 radical (unpaired) electrons. The smallest absolute Gasteiger partial charge is 0.253 e. The Hall–Kier alpha value is -2.95. The Balaban J connectivity index is 0.00000241. The summed E-state index contributed by atoms with van der Waals surface area (Å²) in [5, 5.41) is 26.7. The van der Waals surface area contributed by atoms with Gasteiger partial charge in [-0.05, 0) is 29.8 Å². The minimum atomic E-state index is -0.0654. The predicted octanol–water partition coefficient (Wildman–Crippen LogP) is 2.15. The van der Waals surface area contributed by atoms with Gasteiger partial charge in [-0.25, -0.2) is 0 Å². The van der Waals surface area contributed by atoms with Gasteiger partial charge >= 0.3 is 0 Å². The lowest BCUT2D eigenvalue weighted by atomic mass is 10.1. The van der Waals surface area contributed by atoms with Crippen molar-refractivity contribution in [3.63, 3.8) is 0 Å². The molecule has 1 fully saturated rings. The van der Waals surface area contributed by atoms with Crippen LogP contribution >= 0.6 is 24.8 Å². The number of hydrogen-bond acceptors (Lipinski definition) is 6.